The topological polar surface area (TPSA) is 15.3 Å². The Morgan fingerprint density at radius 2 is 2.05 bits per heavy atom. The zero-order valence-electron chi connectivity index (χ0n) is 12.6. The van der Waals surface area contributed by atoms with E-state index >= 15 is 0 Å². The Labute approximate surface area is 125 Å². The minimum Gasteiger partial charge on any atom is -0.313 e. The van der Waals surface area contributed by atoms with Crippen molar-refractivity contribution in [2.75, 3.05) is 19.6 Å². The van der Waals surface area contributed by atoms with E-state index in [4.69, 9.17) is 0 Å². The summed E-state index contributed by atoms with van der Waals surface area (Å²) in [6, 6.07) is 4.45. The number of halogens is 2. The van der Waals surface area contributed by atoms with Gasteiger partial charge < -0.3 is 5.32 Å². The SMILES string of the molecule is CC(c1ccc(F)cc1F)N(CC1CC1)CC1CCCN1. The van der Waals surface area contributed by atoms with Gasteiger partial charge in [0, 0.05) is 36.8 Å². The smallest absolute Gasteiger partial charge is 0.130 e. The number of rotatable bonds is 6. The van der Waals surface area contributed by atoms with Crippen LogP contribution in [0.3, 0.4) is 0 Å². The molecule has 1 aromatic rings. The lowest BCUT2D eigenvalue weighted by Crippen LogP contribution is -2.40. The van der Waals surface area contributed by atoms with E-state index in [1.807, 2.05) is 6.92 Å². The second-order valence-corrected chi connectivity index (χ2v) is 6.53. The van der Waals surface area contributed by atoms with Gasteiger partial charge in [0.2, 0.25) is 0 Å². The van der Waals surface area contributed by atoms with Gasteiger partial charge in [-0.05, 0) is 51.1 Å². The van der Waals surface area contributed by atoms with Crippen LogP contribution >= 0.6 is 0 Å². The second kappa shape index (κ2) is 6.41. The summed E-state index contributed by atoms with van der Waals surface area (Å²) in [5.74, 6) is -0.172. The first-order valence-corrected chi connectivity index (χ1v) is 8.06. The number of nitrogens with zero attached hydrogens (tertiary/aromatic N) is 1. The minimum atomic E-state index is -0.505. The lowest BCUT2D eigenvalue weighted by molar-refractivity contribution is 0.181. The Morgan fingerprint density at radius 3 is 2.67 bits per heavy atom. The third kappa shape index (κ3) is 3.80. The molecule has 0 radical (unpaired) electrons. The van der Waals surface area contributed by atoms with E-state index in [-0.39, 0.29) is 6.04 Å². The fourth-order valence-electron chi connectivity index (χ4n) is 3.26. The molecule has 2 nitrogen and oxygen atoms in total. The van der Waals surface area contributed by atoms with Gasteiger partial charge in [-0.15, -0.1) is 0 Å². The lowest BCUT2D eigenvalue weighted by Gasteiger charge is -2.32. The first-order chi connectivity index (χ1) is 10.1. The van der Waals surface area contributed by atoms with Gasteiger partial charge in [-0.2, -0.15) is 0 Å². The van der Waals surface area contributed by atoms with E-state index in [1.165, 1.54) is 31.7 Å². The first kappa shape index (κ1) is 14.9. The fraction of sp³-hybridized carbons (Fsp3) is 0.647. The largest absolute Gasteiger partial charge is 0.313 e. The molecule has 21 heavy (non-hydrogen) atoms. The molecule has 3 rings (SSSR count). The number of benzene rings is 1. The fourth-order valence-corrected chi connectivity index (χ4v) is 3.26. The van der Waals surface area contributed by atoms with Crippen molar-refractivity contribution in [3.8, 4) is 0 Å². The Kier molecular flexibility index (Phi) is 4.55. The summed E-state index contributed by atoms with van der Waals surface area (Å²) in [4.78, 5) is 2.37. The van der Waals surface area contributed by atoms with Crippen LogP contribution in [0, 0.1) is 17.6 Å². The van der Waals surface area contributed by atoms with Crippen LogP contribution in [-0.4, -0.2) is 30.6 Å². The third-order valence-electron chi connectivity index (χ3n) is 4.77. The Morgan fingerprint density at radius 1 is 1.24 bits per heavy atom. The quantitative estimate of drug-likeness (QED) is 0.864. The van der Waals surface area contributed by atoms with Gasteiger partial charge in [-0.3, -0.25) is 4.90 Å². The molecule has 0 aromatic heterocycles. The summed E-state index contributed by atoms with van der Waals surface area (Å²) in [6.45, 7) is 5.10. The first-order valence-electron chi connectivity index (χ1n) is 8.06. The van der Waals surface area contributed by atoms with Gasteiger partial charge in [0.25, 0.3) is 0 Å². The molecular weight excluding hydrogens is 270 g/mol. The molecule has 1 saturated carbocycles. The molecule has 2 unspecified atom stereocenters. The monoisotopic (exact) mass is 294 g/mol. The van der Waals surface area contributed by atoms with Crippen LogP contribution in [0.25, 0.3) is 0 Å². The highest BCUT2D eigenvalue weighted by molar-refractivity contribution is 5.22. The number of hydrogen-bond donors (Lipinski definition) is 1. The van der Waals surface area contributed by atoms with Gasteiger partial charge >= 0.3 is 0 Å². The van der Waals surface area contributed by atoms with Gasteiger partial charge in [-0.25, -0.2) is 8.78 Å². The van der Waals surface area contributed by atoms with Crippen LogP contribution in [-0.2, 0) is 0 Å². The van der Waals surface area contributed by atoms with Crippen LogP contribution in [0.15, 0.2) is 18.2 Å². The van der Waals surface area contributed by atoms with Crippen molar-refractivity contribution in [1.82, 2.24) is 10.2 Å². The Hall–Kier alpha value is -1.00. The molecule has 4 heteroatoms. The van der Waals surface area contributed by atoms with Crippen molar-refractivity contribution in [2.45, 2.75) is 44.7 Å². The maximum Gasteiger partial charge on any atom is 0.130 e. The summed E-state index contributed by atoms with van der Waals surface area (Å²) in [5, 5.41) is 3.52. The molecule has 1 N–H and O–H groups in total. The van der Waals surface area contributed by atoms with Crippen molar-refractivity contribution in [2.24, 2.45) is 5.92 Å². The number of hydrogen-bond acceptors (Lipinski definition) is 2. The molecule has 1 heterocycles. The average Bonchev–Trinajstić information content (AvgIpc) is 3.11. The van der Waals surface area contributed by atoms with Crippen LogP contribution < -0.4 is 5.32 Å². The molecule has 1 aromatic carbocycles. The standard InChI is InChI=1S/C17H24F2N2/c1-12(16-7-6-14(18)9-17(16)19)21(10-13-4-5-13)11-15-3-2-8-20-15/h6-7,9,12-13,15,20H,2-5,8,10-11H2,1H3. The molecule has 2 aliphatic rings. The summed E-state index contributed by atoms with van der Waals surface area (Å²) < 4.78 is 27.1. The molecular formula is C17H24F2N2. The van der Waals surface area contributed by atoms with E-state index in [2.05, 4.69) is 10.2 Å². The van der Waals surface area contributed by atoms with Crippen LogP contribution in [0.5, 0.6) is 0 Å². The zero-order chi connectivity index (χ0) is 14.8. The highest BCUT2D eigenvalue weighted by Gasteiger charge is 2.30. The minimum absolute atomic E-state index is 0.00593. The van der Waals surface area contributed by atoms with E-state index in [1.54, 1.807) is 6.07 Å². The second-order valence-electron chi connectivity index (χ2n) is 6.53. The third-order valence-corrected chi connectivity index (χ3v) is 4.77. The molecule has 1 aliphatic carbocycles. The molecule has 0 spiro atoms. The molecule has 2 fully saturated rings. The zero-order valence-corrected chi connectivity index (χ0v) is 12.6. The Bertz CT molecular complexity index is 482. The average molecular weight is 294 g/mol. The van der Waals surface area contributed by atoms with Crippen LogP contribution in [0.4, 0.5) is 8.78 Å². The lowest BCUT2D eigenvalue weighted by atomic mass is 10.0. The van der Waals surface area contributed by atoms with Crippen molar-refractivity contribution in [3.05, 3.63) is 35.4 Å². The number of nitrogens with one attached hydrogen (secondary N) is 1. The van der Waals surface area contributed by atoms with E-state index in [0.717, 1.165) is 31.6 Å². The molecule has 2 atom stereocenters. The van der Waals surface area contributed by atoms with Crippen molar-refractivity contribution >= 4 is 0 Å². The highest BCUT2D eigenvalue weighted by atomic mass is 19.1. The van der Waals surface area contributed by atoms with Crippen molar-refractivity contribution in [1.29, 1.82) is 0 Å². The van der Waals surface area contributed by atoms with E-state index in [9.17, 15) is 8.78 Å². The van der Waals surface area contributed by atoms with Crippen molar-refractivity contribution < 1.29 is 8.78 Å². The summed E-state index contributed by atoms with van der Waals surface area (Å²) >= 11 is 0. The maximum absolute atomic E-state index is 14.0. The van der Waals surface area contributed by atoms with E-state index < -0.39 is 11.6 Å². The van der Waals surface area contributed by atoms with E-state index in [0.29, 0.717) is 11.6 Å². The summed E-state index contributed by atoms with van der Waals surface area (Å²) in [5.41, 5.74) is 0.607. The summed E-state index contributed by atoms with van der Waals surface area (Å²) in [6.07, 6.45) is 4.99. The van der Waals surface area contributed by atoms with Crippen molar-refractivity contribution in [3.63, 3.8) is 0 Å². The molecule has 0 bridgehead atoms. The van der Waals surface area contributed by atoms with Gasteiger partial charge in [-0.1, -0.05) is 6.07 Å². The highest BCUT2D eigenvalue weighted by Crippen LogP contribution is 2.33. The maximum atomic E-state index is 14.0. The summed E-state index contributed by atoms with van der Waals surface area (Å²) in [7, 11) is 0. The predicted octanol–water partition coefficient (Wildman–Crippen LogP) is 3.49. The predicted molar refractivity (Wildman–Crippen MR) is 80.1 cm³/mol. The molecule has 1 aliphatic heterocycles. The van der Waals surface area contributed by atoms with Gasteiger partial charge in [0.05, 0.1) is 0 Å². The van der Waals surface area contributed by atoms with Gasteiger partial charge in [0.15, 0.2) is 0 Å². The van der Waals surface area contributed by atoms with Crippen LogP contribution in [0.1, 0.15) is 44.2 Å². The van der Waals surface area contributed by atoms with Gasteiger partial charge in [0.1, 0.15) is 11.6 Å². The Balaban J connectivity index is 1.73. The van der Waals surface area contributed by atoms with Crippen LogP contribution in [0.2, 0.25) is 0 Å². The molecule has 116 valence electrons. The molecule has 0 amide bonds. The molecule has 1 saturated heterocycles. The normalized spacial score (nSPS) is 23.7.